The molecule has 2 aliphatic heterocycles. The minimum Gasteiger partial charge on any atom is -0.457 e. The molecule has 2 aromatic rings. The number of hydrogen-bond acceptors (Lipinski definition) is 2. The summed E-state index contributed by atoms with van der Waals surface area (Å²) >= 11 is 5.98. The number of para-hydroxylation sites is 1. The van der Waals surface area contributed by atoms with E-state index in [1.165, 1.54) is 5.56 Å². The molecular formula is C17H14BrIO2. The third-order valence-corrected chi connectivity index (χ3v) is 5.69. The number of hydrogen-bond donors (Lipinski definition) is 0. The van der Waals surface area contributed by atoms with Gasteiger partial charge in [0.2, 0.25) is 0 Å². The van der Waals surface area contributed by atoms with Gasteiger partial charge in [0.15, 0.2) is 0 Å². The van der Waals surface area contributed by atoms with E-state index < -0.39 is 0 Å². The summed E-state index contributed by atoms with van der Waals surface area (Å²) in [5.41, 5.74) is 2.42. The molecule has 0 radical (unpaired) electrons. The lowest BCUT2D eigenvalue weighted by molar-refractivity contribution is 0.0549. The van der Waals surface area contributed by atoms with Gasteiger partial charge in [-0.15, -0.1) is 0 Å². The molecule has 4 rings (SSSR count). The summed E-state index contributed by atoms with van der Waals surface area (Å²) in [6.07, 6.45) is 1.46. The van der Waals surface area contributed by atoms with Gasteiger partial charge in [-0.3, -0.25) is 0 Å². The zero-order chi connectivity index (χ0) is 14.4. The van der Waals surface area contributed by atoms with E-state index in [4.69, 9.17) is 9.47 Å². The number of benzene rings is 2. The Morgan fingerprint density at radius 2 is 1.90 bits per heavy atom. The Hall–Kier alpha value is -0.590. The number of alkyl halides is 1. The van der Waals surface area contributed by atoms with Gasteiger partial charge in [-0.05, 0) is 30.7 Å². The van der Waals surface area contributed by atoms with Crippen molar-refractivity contribution in [3.05, 3.63) is 58.1 Å². The van der Waals surface area contributed by atoms with Crippen LogP contribution >= 0.6 is 38.5 Å². The van der Waals surface area contributed by atoms with E-state index in [1.54, 1.807) is 0 Å². The molecule has 0 amide bonds. The molecule has 0 N–H and O–H groups in total. The maximum absolute atomic E-state index is 6.32. The molecule has 0 aliphatic carbocycles. The van der Waals surface area contributed by atoms with Crippen molar-refractivity contribution in [3.8, 4) is 11.5 Å². The second-order valence-corrected chi connectivity index (χ2v) is 7.29. The summed E-state index contributed by atoms with van der Waals surface area (Å²) in [5, 5.41) is 0. The van der Waals surface area contributed by atoms with Crippen LogP contribution in [0.25, 0.3) is 0 Å². The van der Waals surface area contributed by atoms with Gasteiger partial charge in [0.05, 0.1) is 12.2 Å². The van der Waals surface area contributed by atoms with E-state index >= 15 is 0 Å². The van der Waals surface area contributed by atoms with Gasteiger partial charge >= 0.3 is 0 Å². The number of halogens is 2. The van der Waals surface area contributed by atoms with E-state index in [0.717, 1.165) is 32.4 Å². The topological polar surface area (TPSA) is 18.5 Å². The second-order valence-electron chi connectivity index (χ2n) is 5.50. The molecule has 3 atom stereocenters. The Balaban J connectivity index is 1.90. The van der Waals surface area contributed by atoms with Crippen molar-refractivity contribution in [3.63, 3.8) is 0 Å². The van der Waals surface area contributed by atoms with Crippen LogP contribution in [0.2, 0.25) is 0 Å². The van der Waals surface area contributed by atoms with Gasteiger partial charge in [0.1, 0.15) is 11.5 Å². The minimum absolute atomic E-state index is 0.0842. The molecule has 21 heavy (non-hydrogen) atoms. The van der Waals surface area contributed by atoms with E-state index in [0.29, 0.717) is 12.0 Å². The fraction of sp³-hybridized carbons (Fsp3) is 0.294. The van der Waals surface area contributed by atoms with Crippen molar-refractivity contribution < 1.29 is 9.47 Å². The van der Waals surface area contributed by atoms with Crippen LogP contribution in [-0.4, -0.2) is 10.5 Å². The van der Waals surface area contributed by atoms with Gasteiger partial charge in [-0.25, -0.2) is 0 Å². The van der Waals surface area contributed by atoms with Crippen LogP contribution in [0.4, 0.5) is 0 Å². The number of ether oxygens (including phenoxy) is 2. The van der Waals surface area contributed by atoms with Gasteiger partial charge in [-0.1, -0.05) is 56.7 Å². The van der Waals surface area contributed by atoms with Gasteiger partial charge < -0.3 is 9.47 Å². The van der Waals surface area contributed by atoms with Crippen LogP contribution in [0.1, 0.15) is 29.6 Å². The monoisotopic (exact) mass is 456 g/mol. The first-order valence-corrected chi connectivity index (χ1v) is 9.36. The Morgan fingerprint density at radius 3 is 2.76 bits per heavy atom. The lowest BCUT2D eigenvalue weighted by Crippen LogP contribution is -2.07. The van der Waals surface area contributed by atoms with Crippen LogP contribution in [-0.2, 0) is 4.74 Å². The summed E-state index contributed by atoms with van der Waals surface area (Å²) < 4.78 is 14.6. The van der Waals surface area contributed by atoms with Crippen LogP contribution in [0.3, 0.4) is 0 Å². The van der Waals surface area contributed by atoms with Gasteiger partial charge in [0, 0.05) is 25.9 Å². The first kappa shape index (κ1) is 14.0. The highest BCUT2D eigenvalue weighted by atomic mass is 127. The average molecular weight is 457 g/mol. The largest absolute Gasteiger partial charge is 0.457 e. The maximum atomic E-state index is 6.32. The van der Waals surface area contributed by atoms with Gasteiger partial charge in [0.25, 0.3) is 0 Å². The van der Waals surface area contributed by atoms with Crippen LogP contribution in [0.5, 0.6) is 11.5 Å². The van der Waals surface area contributed by atoms with E-state index in [2.05, 4.69) is 62.8 Å². The molecule has 2 heterocycles. The van der Waals surface area contributed by atoms with Crippen molar-refractivity contribution in [1.82, 2.24) is 0 Å². The van der Waals surface area contributed by atoms with Gasteiger partial charge in [-0.2, -0.15) is 0 Å². The lowest BCUT2D eigenvalue weighted by atomic mass is 9.88. The summed E-state index contributed by atoms with van der Waals surface area (Å²) in [4.78, 5) is 0. The SMILES string of the molecule is Brc1ccc2c(c1)[C@H]1OC(CI)C[C@@H]1c1ccccc1O2. The first-order valence-electron chi connectivity index (χ1n) is 7.04. The van der Waals surface area contributed by atoms with Crippen LogP contribution in [0.15, 0.2) is 46.9 Å². The highest BCUT2D eigenvalue weighted by Gasteiger charge is 2.41. The minimum atomic E-state index is 0.0842. The highest BCUT2D eigenvalue weighted by Crippen LogP contribution is 2.53. The predicted octanol–water partition coefficient (Wildman–Crippen LogP) is 5.60. The van der Waals surface area contributed by atoms with E-state index in [1.807, 2.05) is 18.2 Å². The Bertz CT molecular complexity index is 688. The highest BCUT2D eigenvalue weighted by molar-refractivity contribution is 14.1. The van der Waals surface area contributed by atoms with E-state index in [9.17, 15) is 0 Å². The fourth-order valence-corrected chi connectivity index (χ4v) is 4.22. The summed E-state index contributed by atoms with van der Waals surface area (Å²) in [6, 6.07) is 14.5. The van der Waals surface area contributed by atoms with Crippen LogP contribution in [0, 0.1) is 0 Å². The zero-order valence-corrected chi connectivity index (χ0v) is 15.0. The predicted molar refractivity (Wildman–Crippen MR) is 94.5 cm³/mol. The van der Waals surface area contributed by atoms with Crippen molar-refractivity contribution in [2.45, 2.75) is 24.5 Å². The molecule has 0 bridgehead atoms. The maximum Gasteiger partial charge on any atom is 0.133 e. The molecule has 2 aromatic carbocycles. The van der Waals surface area contributed by atoms with Crippen molar-refractivity contribution >= 4 is 38.5 Å². The smallest absolute Gasteiger partial charge is 0.133 e. The molecule has 1 unspecified atom stereocenters. The third-order valence-electron chi connectivity index (χ3n) is 4.21. The molecule has 0 aromatic heterocycles. The summed E-state index contributed by atoms with van der Waals surface area (Å²) in [7, 11) is 0. The van der Waals surface area contributed by atoms with Crippen molar-refractivity contribution in [1.29, 1.82) is 0 Å². The molecule has 1 fully saturated rings. The fourth-order valence-electron chi connectivity index (χ4n) is 3.28. The molecule has 0 spiro atoms. The second kappa shape index (κ2) is 5.56. The zero-order valence-electron chi connectivity index (χ0n) is 11.3. The Kier molecular flexibility index (Phi) is 3.71. The lowest BCUT2D eigenvalue weighted by Gasteiger charge is -2.17. The van der Waals surface area contributed by atoms with Crippen LogP contribution < -0.4 is 4.74 Å². The first-order chi connectivity index (χ1) is 10.3. The normalized spacial score (nSPS) is 26.3. The molecule has 0 saturated carbocycles. The molecule has 1 saturated heterocycles. The molecule has 2 aliphatic rings. The molecule has 4 heteroatoms. The standard InChI is InChI=1S/C17H14BrIO2/c18-10-5-6-16-14(7-10)17-13(8-11(9-19)20-17)12-3-1-2-4-15(12)21-16/h1-7,11,13,17H,8-9H2/t11?,13-,17+/m1/s1. The average Bonchev–Trinajstić information content (AvgIpc) is 2.89. The van der Waals surface area contributed by atoms with Crippen molar-refractivity contribution in [2.75, 3.05) is 4.43 Å². The quantitative estimate of drug-likeness (QED) is 0.410. The summed E-state index contributed by atoms with van der Waals surface area (Å²) in [5.74, 6) is 2.25. The van der Waals surface area contributed by atoms with Crippen molar-refractivity contribution in [2.24, 2.45) is 0 Å². The van der Waals surface area contributed by atoms with E-state index in [-0.39, 0.29) is 6.10 Å². The number of rotatable bonds is 1. The summed E-state index contributed by atoms with van der Waals surface area (Å²) in [6.45, 7) is 0. The molecule has 2 nitrogen and oxygen atoms in total. The Labute approximate surface area is 146 Å². The molecule has 108 valence electrons. The number of fused-ring (bicyclic) bond motifs is 5. The third kappa shape index (κ3) is 2.41. The molecular weight excluding hydrogens is 443 g/mol. The Morgan fingerprint density at radius 1 is 1.10 bits per heavy atom.